The summed E-state index contributed by atoms with van der Waals surface area (Å²) in [6.07, 6.45) is -2.20. The topological polar surface area (TPSA) is 79.0 Å². The number of rotatable bonds is 3. The highest BCUT2D eigenvalue weighted by atomic mass is 19.4. The molecule has 0 saturated carbocycles. The third-order valence-electron chi connectivity index (χ3n) is 4.42. The van der Waals surface area contributed by atoms with Gasteiger partial charge in [-0.15, -0.1) is 0 Å². The van der Waals surface area contributed by atoms with Gasteiger partial charge in [0, 0.05) is 18.8 Å². The van der Waals surface area contributed by atoms with Crippen molar-refractivity contribution in [2.75, 3.05) is 36.5 Å². The molecule has 3 amide bonds. The standard InChI is InChI=1S/C17H18F3N3O4/c18-17(19,20)16(26)21-11-4-5-13-12(8-11)23(15(25)10-27-13)9-14(24)22-6-2-1-3-7-22/h4-5,8H,1-3,6-7,9-10H2,(H,21,26). The molecule has 2 aliphatic heterocycles. The van der Waals surface area contributed by atoms with E-state index in [1.54, 1.807) is 10.2 Å². The van der Waals surface area contributed by atoms with Crippen LogP contribution in [0.3, 0.4) is 0 Å². The van der Waals surface area contributed by atoms with Crippen LogP contribution >= 0.6 is 0 Å². The Morgan fingerprint density at radius 2 is 1.85 bits per heavy atom. The predicted octanol–water partition coefficient (Wildman–Crippen LogP) is 1.93. The number of piperidine rings is 1. The molecule has 7 nitrogen and oxygen atoms in total. The van der Waals surface area contributed by atoms with Gasteiger partial charge in [-0.3, -0.25) is 19.3 Å². The lowest BCUT2D eigenvalue weighted by atomic mass is 10.1. The third-order valence-corrected chi connectivity index (χ3v) is 4.42. The van der Waals surface area contributed by atoms with Crippen LogP contribution in [0.2, 0.25) is 0 Å². The first-order valence-corrected chi connectivity index (χ1v) is 8.49. The number of amides is 3. The minimum absolute atomic E-state index is 0.148. The van der Waals surface area contributed by atoms with Crippen molar-refractivity contribution in [2.24, 2.45) is 0 Å². The summed E-state index contributed by atoms with van der Waals surface area (Å²) in [4.78, 5) is 38.7. The van der Waals surface area contributed by atoms with E-state index in [4.69, 9.17) is 4.74 Å². The average Bonchev–Trinajstić information content (AvgIpc) is 2.64. The van der Waals surface area contributed by atoms with Gasteiger partial charge in [-0.1, -0.05) is 0 Å². The molecule has 1 aromatic carbocycles. The molecule has 0 spiro atoms. The monoisotopic (exact) mass is 385 g/mol. The van der Waals surface area contributed by atoms with Gasteiger partial charge in [-0.2, -0.15) is 13.2 Å². The van der Waals surface area contributed by atoms with E-state index < -0.39 is 18.0 Å². The zero-order valence-electron chi connectivity index (χ0n) is 14.3. The van der Waals surface area contributed by atoms with Gasteiger partial charge in [-0.25, -0.2) is 0 Å². The number of halogens is 3. The molecule has 10 heteroatoms. The van der Waals surface area contributed by atoms with E-state index in [-0.39, 0.29) is 36.2 Å². The first-order chi connectivity index (χ1) is 12.8. The Morgan fingerprint density at radius 1 is 1.15 bits per heavy atom. The van der Waals surface area contributed by atoms with Gasteiger partial charge in [-0.05, 0) is 37.5 Å². The number of fused-ring (bicyclic) bond motifs is 1. The van der Waals surface area contributed by atoms with E-state index >= 15 is 0 Å². The normalized spacial score (nSPS) is 17.2. The lowest BCUT2D eigenvalue weighted by Gasteiger charge is -2.33. The fourth-order valence-electron chi connectivity index (χ4n) is 3.03. The Labute approximate surface area is 153 Å². The van der Waals surface area contributed by atoms with Gasteiger partial charge in [0.05, 0.1) is 5.69 Å². The fourth-order valence-corrected chi connectivity index (χ4v) is 3.03. The van der Waals surface area contributed by atoms with Crippen LogP contribution in [0.1, 0.15) is 19.3 Å². The van der Waals surface area contributed by atoms with Crippen LogP contribution in [0.5, 0.6) is 5.75 Å². The van der Waals surface area contributed by atoms with Gasteiger partial charge in [0.15, 0.2) is 6.61 Å². The third kappa shape index (κ3) is 4.32. The summed E-state index contributed by atoms with van der Waals surface area (Å²) < 4.78 is 42.6. The highest BCUT2D eigenvalue weighted by Gasteiger charge is 2.39. The molecular weight excluding hydrogens is 367 g/mol. The van der Waals surface area contributed by atoms with Gasteiger partial charge in [0.1, 0.15) is 12.3 Å². The minimum Gasteiger partial charge on any atom is -0.482 e. The molecule has 1 N–H and O–H groups in total. The van der Waals surface area contributed by atoms with Gasteiger partial charge < -0.3 is 15.0 Å². The molecule has 0 unspecified atom stereocenters. The molecule has 27 heavy (non-hydrogen) atoms. The van der Waals surface area contributed by atoms with Crippen LogP contribution in [0.15, 0.2) is 18.2 Å². The fraction of sp³-hybridized carbons (Fsp3) is 0.471. The zero-order valence-corrected chi connectivity index (χ0v) is 14.3. The second kappa shape index (κ2) is 7.45. The van der Waals surface area contributed by atoms with Crippen molar-refractivity contribution < 1.29 is 32.3 Å². The van der Waals surface area contributed by atoms with E-state index in [0.29, 0.717) is 13.1 Å². The predicted molar refractivity (Wildman–Crippen MR) is 89.4 cm³/mol. The van der Waals surface area contributed by atoms with Gasteiger partial charge >= 0.3 is 12.1 Å². The van der Waals surface area contributed by atoms with Crippen LogP contribution in [0.4, 0.5) is 24.5 Å². The minimum atomic E-state index is -5.04. The number of hydrogen-bond donors (Lipinski definition) is 1. The Kier molecular flexibility index (Phi) is 5.24. The molecule has 0 aromatic heterocycles. The molecule has 3 rings (SSSR count). The van der Waals surface area contributed by atoms with E-state index in [2.05, 4.69) is 0 Å². The number of likely N-dealkylation sites (tertiary alicyclic amines) is 1. The average molecular weight is 385 g/mol. The second-order valence-corrected chi connectivity index (χ2v) is 6.34. The van der Waals surface area contributed by atoms with Crippen LogP contribution in [0.25, 0.3) is 0 Å². The number of hydrogen-bond acceptors (Lipinski definition) is 4. The van der Waals surface area contributed by atoms with Gasteiger partial charge in [0.2, 0.25) is 5.91 Å². The first-order valence-electron chi connectivity index (χ1n) is 8.49. The van der Waals surface area contributed by atoms with Crippen LogP contribution in [-0.4, -0.2) is 55.0 Å². The molecule has 0 atom stereocenters. The SMILES string of the molecule is O=C(CN1C(=O)COc2ccc(NC(=O)C(F)(F)F)cc21)N1CCCCC1. The number of carbonyl (C=O) groups excluding carboxylic acids is 3. The second-order valence-electron chi connectivity index (χ2n) is 6.34. The Bertz CT molecular complexity index is 760. The molecule has 0 aliphatic carbocycles. The summed E-state index contributed by atoms with van der Waals surface area (Å²) >= 11 is 0. The quantitative estimate of drug-likeness (QED) is 0.862. The summed E-state index contributed by atoms with van der Waals surface area (Å²) in [5.41, 5.74) is 0.00128. The maximum Gasteiger partial charge on any atom is 0.471 e. The number of ether oxygens (including phenoxy) is 1. The van der Waals surface area contributed by atoms with Crippen molar-refractivity contribution in [3.63, 3.8) is 0 Å². The van der Waals surface area contributed by atoms with E-state index in [1.807, 2.05) is 0 Å². The molecule has 1 fully saturated rings. The van der Waals surface area contributed by atoms with Gasteiger partial charge in [0.25, 0.3) is 5.91 Å². The Balaban J connectivity index is 1.80. The van der Waals surface area contributed by atoms with Crippen molar-refractivity contribution in [3.8, 4) is 5.75 Å². The molecule has 2 heterocycles. The van der Waals surface area contributed by atoms with E-state index in [0.717, 1.165) is 19.3 Å². The number of nitrogens with zero attached hydrogens (tertiary/aromatic N) is 2. The summed E-state index contributed by atoms with van der Waals surface area (Å²) in [7, 11) is 0. The summed E-state index contributed by atoms with van der Waals surface area (Å²) in [5.74, 6) is -2.58. The van der Waals surface area contributed by atoms with Crippen molar-refractivity contribution in [1.29, 1.82) is 0 Å². The van der Waals surface area contributed by atoms with E-state index in [1.165, 1.54) is 23.1 Å². The molecule has 0 bridgehead atoms. The number of benzene rings is 1. The maximum absolute atomic E-state index is 12.5. The number of carbonyl (C=O) groups is 3. The molecule has 1 aromatic rings. The highest BCUT2D eigenvalue weighted by molar-refractivity contribution is 6.03. The van der Waals surface area contributed by atoms with Crippen LogP contribution in [-0.2, 0) is 14.4 Å². The van der Waals surface area contributed by atoms with Crippen molar-refractivity contribution in [3.05, 3.63) is 18.2 Å². The number of nitrogens with one attached hydrogen (secondary N) is 1. The highest BCUT2D eigenvalue weighted by Crippen LogP contribution is 2.35. The Hall–Kier alpha value is -2.78. The molecule has 146 valence electrons. The van der Waals surface area contributed by atoms with Crippen molar-refractivity contribution in [1.82, 2.24) is 4.90 Å². The zero-order chi connectivity index (χ0) is 19.6. The lowest BCUT2D eigenvalue weighted by Crippen LogP contribution is -2.47. The molecular formula is C17H18F3N3O4. The van der Waals surface area contributed by atoms with Crippen LogP contribution < -0.4 is 15.0 Å². The molecule has 2 aliphatic rings. The summed E-state index contributed by atoms with van der Waals surface area (Å²) in [6.45, 7) is 0.734. The molecule has 1 saturated heterocycles. The largest absolute Gasteiger partial charge is 0.482 e. The maximum atomic E-state index is 12.5. The van der Waals surface area contributed by atoms with E-state index in [9.17, 15) is 27.6 Å². The van der Waals surface area contributed by atoms with Crippen molar-refractivity contribution in [2.45, 2.75) is 25.4 Å². The van der Waals surface area contributed by atoms with Crippen molar-refractivity contribution >= 4 is 29.1 Å². The Morgan fingerprint density at radius 3 is 2.52 bits per heavy atom. The smallest absolute Gasteiger partial charge is 0.471 e. The number of anilines is 2. The lowest BCUT2D eigenvalue weighted by molar-refractivity contribution is -0.167. The summed E-state index contributed by atoms with van der Waals surface area (Å²) in [6, 6.07) is 3.79. The molecule has 0 radical (unpaired) electrons. The van der Waals surface area contributed by atoms with Crippen LogP contribution in [0, 0.1) is 0 Å². The summed E-state index contributed by atoms with van der Waals surface area (Å²) in [5, 5.41) is 1.73. The first kappa shape index (κ1) is 19.0. The number of alkyl halides is 3.